The molecule has 0 spiro atoms. The van der Waals surface area contributed by atoms with Crippen LogP contribution in [0.15, 0.2) is 4.52 Å². The highest BCUT2D eigenvalue weighted by Crippen LogP contribution is 2.35. The van der Waals surface area contributed by atoms with E-state index in [9.17, 15) is 0 Å². The molecule has 0 radical (unpaired) electrons. The van der Waals surface area contributed by atoms with Crippen molar-refractivity contribution < 1.29 is 9.26 Å². The fourth-order valence-corrected chi connectivity index (χ4v) is 2.28. The van der Waals surface area contributed by atoms with Gasteiger partial charge in [-0.2, -0.15) is 4.98 Å². The third-order valence-corrected chi connectivity index (χ3v) is 3.43. The van der Waals surface area contributed by atoms with E-state index >= 15 is 0 Å². The first-order chi connectivity index (χ1) is 7.80. The van der Waals surface area contributed by atoms with Crippen LogP contribution in [-0.4, -0.2) is 30.3 Å². The van der Waals surface area contributed by atoms with Gasteiger partial charge >= 0.3 is 0 Å². The second-order valence-electron chi connectivity index (χ2n) is 4.33. The SMILES string of the molecule is CCC1(c2nc(COC)no2)CCNCC1. The first kappa shape index (κ1) is 11.5. The monoisotopic (exact) mass is 225 g/mol. The normalized spacial score (nSPS) is 19.9. The highest BCUT2D eigenvalue weighted by atomic mass is 16.5. The van der Waals surface area contributed by atoms with Gasteiger partial charge in [-0.1, -0.05) is 12.1 Å². The summed E-state index contributed by atoms with van der Waals surface area (Å²) in [4.78, 5) is 4.44. The van der Waals surface area contributed by atoms with E-state index in [0.717, 1.165) is 38.2 Å². The average molecular weight is 225 g/mol. The van der Waals surface area contributed by atoms with Gasteiger partial charge in [-0.15, -0.1) is 0 Å². The van der Waals surface area contributed by atoms with Crippen molar-refractivity contribution in [2.75, 3.05) is 20.2 Å². The summed E-state index contributed by atoms with van der Waals surface area (Å²) in [5.41, 5.74) is 0.0737. The topological polar surface area (TPSA) is 60.2 Å². The van der Waals surface area contributed by atoms with Gasteiger partial charge in [-0.05, 0) is 32.4 Å². The predicted molar refractivity (Wildman–Crippen MR) is 59.1 cm³/mol. The molecule has 0 saturated carbocycles. The van der Waals surface area contributed by atoms with Crippen molar-refractivity contribution in [3.05, 3.63) is 11.7 Å². The predicted octanol–water partition coefficient (Wildman–Crippen LogP) is 1.25. The minimum absolute atomic E-state index is 0.0737. The van der Waals surface area contributed by atoms with Crippen molar-refractivity contribution in [1.29, 1.82) is 0 Å². The van der Waals surface area contributed by atoms with Crippen LogP contribution in [0, 0.1) is 0 Å². The van der Waals surface area contributed by atoms with E-state index in [2.05, 4.69) is 22.4 Å². The summed E-state index contributed by atoms with van der Waals surface area (Å²) >= 11 is 0. The zero-order valence-electron chi connectivity index (χ0n) is 9.95. The van der Waals surface area contributed by atoms with Gasteiger partial charge in [0.1, 0.15) is 6.61 Å². The molecule has 1 aliphatic heterocycles. The van der Waals surface area contributed by atoms with Crippen LogP contribution < -0.4 is 5.32 Å². The molecule has 16 heavy (non-hydrogen) atoms. The Morgan fingerprint density at radius 2 is 2.19 bits per heavy atom. The van der Waals surface area contributed by atoms with E-state index in [4.69, 9.17) is 9.26 Å². The molecule has 5 heteroatoms. The summed E-state index contributed by atoms with van der Waals surface area (Å²) in [5.74, 6) is 1.42. The molecule has 2 rings (SSSR count). The number of methoxy groups -OCH3 is 1. The molecule has 2 heterocycles. The van der Waals surface area contributed by atoms with E-state index in [1.54, 1.807) is 7.11 Å². The number of nitrogens with zero attached hydrogens (tertiary/aromatic N) is 2. The molecule has 1 fully saturated rings. The van der Waals surface area contributed by atoms with E-state index in [1.807, 2.05) is 0 Å². The number of nitrogens with one attached hydrogen (secondary N) is 1. The van der Waals surface area contributed by atoms with Gasteiger partial charge in [0.15, 0.2) is 5.82 Å². The second kappa shape index (κ2) is 4.93. The van der Waals surface area contributed by atoms with Crippen molar-refractivity contribution in [1.82, 2.24) is 15.5 Å². The van der Waals surface area contributed by atoms with Crippen LogP contribution >= 0.6 is 0 Å². The number of ether oxygens (including phenoxy) is 1. The summed E-state index contributed by atoms with van der Waals surface area (Å²) < 4.78 is 10.4. The van der Waals surface area contributed by atoms with Crippen LogP contribution in [0.2, 0.25) is 0 Å². The molecule has 1 N–H and O–H groups in total. The Hall–Kier alpha value is -0.940. The molecule has 90 valence electrons. The van der Waals surface area contributed by atoms with Gasteiger partial charge in [-0.3, -0.25) is 0 Å². The van der Waals surface area contributed by atoms with Crippen LogP contribution in [0.5, 0.6) is 0 Å². The standard InChI is InChI=1S/C11H19N3O2/c1-3-11(4-6-12-7-5-11)10-13-9(8-15-2)14-16-10/h12H,3-8H2,1-2H3. The van der Waals surface area contributed by atoms with E-state index in [-0.39, 0.29) is 5.41 Å². The van der Waals surface area contributed by atoms with Crippen molar-refractivity contribution in [2.24, 2.45) is 0 Å². The highest BCUT2D eigenvalue weighted by molar-refractivity contribution is 5.07. The zero-order valence-corrected chi connectivity index (χ0v) is 9.95. The number of rotatable bonds is 4. The summed E-state index contributed by atoms with van der Waals surface area (Å²) in [6, 6.07) is 0. The lowest BCUT2D eigenvalue weighted by Gasteiger charge is -2.33. The quantitative estimate of drug-likeness (QED) is 0.835. The number of piperidine rings is 1. The van der Waals surface area contributed by atoms with Gasteiger partial charge < -0.3 is 14.6 Å². The second-order valence-corrected chi connectivity index (χ2v) is 4.33. The molecule has 0 bridgehead atoms. The largest absolute Gasteiger partial charge is 0.377 e. The lowest BCUT2D eigenvalue weighted by molar-refractivity contribution is 0.173. The minimum Gasteiger partial charge on any atom is -0.377 e. The summed E-state index contributed by atoms with van der Waals surface area (Å²) in [6.07, 6.45) is 3.18. The zero-order chi connectivity index (χ0) is 11.4. The van der Waals surface area contributed by atoms with Crippen molar-refractivity contribution in [3.8, 4) is 0 Å². The van der Waals surface area contributed by atoms with Crippen LogP contribution in [0.25, 0.3) is 0 Å². The fourth-order valence-electron chi connectivity index (χ4n) is 2.28. The first-order valence-corrected chi connectivity index (χ1v) is 5.83. The number of aromatic nitrogens is 2. The fraction of sp³-hybridized carbons (Fsp3) is 0.818. The summed E-state index contributed by atoms with van der Waals surface area (Å²) in [6.45, 7) is 4.65. The molecule has 5 nitrogen and oxygen atoms in total. The molecule has 0 atom stereocenters. The Balaban J connectivity index is 2.18. The lowest BCUT2D eigenvalue weighted by Crippen LogP contribution is -2.39. The third-order valence-electron chi connectivity index (χ3n) is 3.43. The van der Waals surface area contributed by atoms with Gasteiger partial charge in [0.2, 0.25) is 5.89 Å². The summed E-state index contributed by atoms with van der Waals surface area (Å²) in [7, 11) is 1.64. The Kier molecular flexibility index (Phi) is 3.56. The molecule has 1 aromatic heterocycles. The average Bonchev–Trinajstić information content (AvgIpc) is 2.80. The molecule has 1 aliphatic rings. The molecule has 1 saturated heterocycles. The van der Waals surface area contributed by atoms with Crippen molar-refractivity contribution in [3.63, 3.8) is 0 Å². The van der Waals surface area contributed by atoms with Crippen LogP contribution in [0.1, 0.15) is 37.9 Å². The maximum Gasteiger partial charge on any atom is 0.233 e. The summed E-state index contributed by atoms with van der Waals surface area (Å²) in [5, 5.41) is 7.30. The maximum atomic E-state index is 5.38. The van der Waals surface area contributed by atoms with Crippen LogP contribution in [0.4, 0.5) is 0 Å². The molecular weight excluding hydrogens is 206 g/mol. The molecular formula is C11H19N3O2. The molecule has 0 amide bonds. The maximum absolute atomic E-state index is 5.38. The van der Waals surface area contributed by atoms with Crippen molar-refractivity contribution >= 4 is 0 Å². The Bertz CT molecular complexity index is 332. The van der Waals surface area contributed by atoms with E-state index < -0.39 is 0 Å². The minimum atomic E-state index is 0.0737. The Morgan fingerprint density at radius 1 is 1.44 bits per heavy atom. The highest BCUT2D eigenvalue weighted by Gasteiger charge is 2.37. The Morgan fingerprint density at radius 3 is 2.81 bits per heavy atom. The first-order valence-electron chi connectivity index (χ1n) is 5.83. The lowest BCUT2D eigenvalue weighted by atomic mass is 9.76. The van der Waals surface area contributed by atoms with Gasteiger partial charge in [0.05, 0.1) is 5.41 Å². The van der Waals surface area contributed by atoms with Gasteiger partial charge in [0.25, 0.3) is 0 Å². The molecule has 0 aliphatic carbocycles. The van der Waals surface area contributed by atoms with Crippen LogP contribution in [0.3, 0.4) is 0 Å². The van der Waals surface area contributed by atoms with E-state index in [0.29, 0.717) is 12.4 Å². The third kappa shape index (κ3) is 2.10. The smallest absolute Gasteiger partial charge is 0.233 e. The van der Waals surface area contributed by atoms with Crippen LogP contribution in [-0.2, 0) is 16.8 Å². The molecule has 1 aromatic rings. The molecule has 0 aromatic carbocycles. The van der Waals surface area contributed by atoms with Gasteiger partial charge in [-0.25, -0.2) is 0 Å². The van der Waals surface area contributed by atoms with Crippen molar-refractivity contribution in [2.45, 2.75) is 38.2 Å². The number of hydrogen-bond acceptors (Lipinski definition) is 5. The Labute approximate surface area is 95.6 Å². The molecule has 0 unspecified atom stereocenters. The number of hydrogen-bond donors (Lipinski definition) is 1. The van der Waals surface area contributed by atoms with Gasteiger partial charge in [0, 0.05) is 7.11 Å². The van der Waals surface area contributed by atoms with E-state index in [1.165, 1.54) is 0 Å².